The average molecular weight is 345 g/mol. The van der Waals surface area contributed by atoms with E-state index in [2.05, 4.69) is 5.32 Å². The van der Waals surface area contributed by atoms with Crippen LogP contribution in [0.25, 0.3) is 0 Å². The summed E-state index contributed by atoms with van der Waals surface area (Å²) < 4.78 is 25.1. The Kier molecular flexibility index (Phi) is 6.39. The summed E-state index contributed by atoms with van der Waals surface area (Å²) in [4.78, 5) is 11.8. The van der Waals surface area contributed by atoms with Crippen molar-refractivity contribution in [2.75, 3.05) is 12.4 Å². The molecule has 0 aliphatic heterocycles. The Bertz CT molecular complexity index is 759. The van der Waals surface area contributed by atoms with Gasteiger partial charge in [0, 0.05) is 6.42 Å². The number of nitrogens with one attached hydrogen (secondary N) is 1. The maximum absolute atomic E-state index is 13.8. The summed E-state index contributed by atoms with van der Waals surface area (Å²) in [6.07, 6.45) is 1.05. The van der Waals surface area contributed by atoms with E-state index in [1.807, 2.05) is 25.1 Å². The molecule has 0 heterocycles. The van der Waals surface area contributed by atoms with Gasteiger partial charge in [-0.15, -0.1) is 0 Å². The zero-order valence-corrected chi connectivity index (χ0v) is 15.1. The van der Waals surface area contributed by atoms with E-state index in [0.717, 1.165) is 11.1 Å². The topological polar surface area (TPSA) is 47.6 Å². The third kappa shape index (κ3) is 4.50. The number of anilines is 1. The molecular formula is C20H24FNO3. The number of hydrogen-bond acceptors (Lipinski definition) is 3. The number of rotatable bonds is 7. The smallest absolute Gasteiger partial charge is 0.224 e. The van der Waals surface area contributed by atoms with Crippen molar-refractivity contribution in [3.63, 3.8) is 0 Å². The van der Waals surface area contributed by atoms with E-state index < -0.39 is 0 Å². The first kappa shape index (κ1) is 18.8. The number of ether oxygens (including phenoxy) is 2. The second kappa shape index (κ2) is 8.51. The Labute approximate surface area is 148 Å². The minimum absolute atomic E-state index is 0.0821. The lowest BCUT2D eigenvalue weighted by Gasteiger charge is -2.17. The predicted molar refractivity (Wildman–Crippen MR) is 96.8 cm³/mol. The lowest BCUT2D eigenvalue weighted by molar-refractivity contribution is -0.115. The highest BCUT2D eigenvalue weighted by molar-refractivity contribution is 5.91. The summed E-state index contributed by atoms with van der Waals surface area (Å²) in [5.74, 6) is 0.949. The van der Waals surface area contributed by atoms with Crippen molar-refractivity contribution in [3.8, 4) is 11.5 Å². The monoisotopic (exact) mass is 345 g/mol. The molecule has 4 nitrogen and oxygen atoms in total. The lowest BCUT2D eigenvalue weighted by Crippen LogP contribution is -2.13. The second-order valence-electron chi connectivity index (χ2n) is 5.74. The van der Waals surface area contributed by atoms with Crippen LogP contribution in [-0.2, 0) is 17.8 Å². The molecular weight excluding hydrogens is 321 g/mol. The highest BCUT2D eigenvalue weighted by atomic mass is 19.1. The van der Waals surface area contributed by atoms with Gasteiger partial charge >= 0.3 is 0 Å². The van der Waals surface area contributed by atoms with Gasteiger partial charge < -0.3 is 14.8 Å². The van der Waals surface area contributed by atoms with E-state index in [9.17, 15) is 9.18 Å². The van der Waals surface area contributed by atoms with Crippen LogP contribution < -0.4 is 14.8 Å². The predicted octanol–water partition coefficient (Wildman–Crippen LogP) is 4.63. The van der Waals surface area contributed by atoms with Crippen LogP contribution in [0.4, 0.5) is 10.1 Å². The Morgan fingerprint density at radius 1 is 1.20 bits per heavy atom. The number of hydrogen-bond donors (Lipinski definition) is 1. The van der Waals surface area contributed by atoms with Crippen molar-refractivity contribution < 1.29 is 18.7 Å². The van der Waals surface area contributed by atoms with Gasteiger partial charge in [-0.3, -0.25) is 4.79 Å². The first-order chi connectivity index (χ1) is 12.0. The van der Waals surface area contributed by atoms with Gasteiger partial charge in [0.15, 0.2) is 0 Å². The van der Waals surface area contributed by atoms with E-state index >= 15 is 0 Å². The molecule has 0 fully saturated rings. The molecule has 0 saturated carbocycles. The first-order valence-electron chi connectivity index (χ1n) is 8.37. The van der Waals surface area contributed by atoms with Crippen LogP contribution in [0.3, 0.4) is 0 Å². The average Bonchev–Trinajstić information content (AvgIpc) is 2.62. The van der Waals surface area contributed by atoms with Gasteiger partial charge in [-0.25, -0.2) is 4.39 Å². The van der Waals surface area contributed by atoms with E-state index in [-0.39, 0.29) is 18.3 Å². The number of methoxy groups -OCH3 is 1. The quantitative estimate of drug-likeness (QED) is 0.796. The minimum atomic E-state index is -0.239. The van der Waals surface area contributed by atoms with Crippen molar-refractivity contribution >= 4 is 11.6 Å². The molecule has 1 amide bonds. The van der Waals surface area contributed by atoms with Crippen LogP contribution in [0.5, 0.6) is 11.5 Å². The number of benzene rings is 2. The Morgan fingerprint density at radius 2 is 1.96 bits per heavy atom. The molecule has 0 saturated heterocycles. The highest BCUT2D eigenvalue weighted by Gasteiger charge is 2.14. The number of aryl methyl sites for hydroxylation is 2. The third-order valence-corrected chi connectivity index (χ3v) is 4.04. The van der Waals surface area contributed by atoms with E-state index in [1.165, 1.54) is 6.07 Å². The second-order valence-corrected chi connectivity index (χ2v) is 5.74. The Hall–Kier alpha value is -2.56. The fraction of sp³-hybridized carbons (Fsp3) is 0.350. The molecule has 0 aliphatic rings. The standard InChI is InChI=1S/C20H24FNO3/c1-5-14-11-16(21)13(3)10-19(14)25-12-15-17(22-20(23)6-2)8-7-9-18(15)24-4/h7-11H,5-6,12H2,1-4H3,(H,22,23). The van der Waals surface area contributed by atoms with Gasteiger partial charge in [0.05, 0.1) is 18.4 Å². The van der Waals surface area contributed by atoms with Crippen molar-refractivity contribution in [2.45, 2.75) is 40.2 Å². The molecule has 0 radical (unpaired) electrons. The number of amides is 1. The molecule has 0 bridgehead atoms. The van der Waals surface area contributed by atoms with E-state index in [0.29, 0.717) is 35.6 Å². The maximum atomic E-state index is 13.8. The van der Waals surface area contributed by atoms with Crippen molar-refractivity contribution in [3.05, 3.63) is 52.8 Å². The van der Waals surface area contributed by atoms with Crippen LogP contribution in [0.2, 0.25) is 0 Å². The molecule has 0 spiro atoms. The number of carbonyl (C=O) groups is 1. The largest absolute Gasteiger partial charge is 0.496 e. The van der Waals surface area contributed by atoms with E-state index in [4.69, 9.17) is 9.47 Å². The summed E-state index contributed by atoms with van der Waals surface area (Å²) in [5.41, 5.74) is 2.74. The van der Waals surface area contributed by atoms with Crippen molar-refractivity contribution in [1.29, 1.82) is 0 Å². The molecule has 0 aliphatic carbocycles. The van der Waals surface area contributed by atoms with Gasteiger partial charge in [0.1, 0.15) is 23.9 Å². The van der Waals surface area contributed by atoms with Gasteiger partial charge in [-0.2, -0.15) is 0 Å². The molecule has 2 rings (SSSR count). The van der Waals surface area contributed by atoms with Gasteiger partial charge in [0.2, 0.25) is 5.91 Å². The van der Waals surface area contributed by atoms with Crippen LogP contribution in [0.15, 0.2) is 30.3 Å². The van der Waals surface area contributed by atoms with Crippen LogP contribution in [0, 0.1) is 12.7 Å². The van der Waals surface area contributed by atoms with Crippen molar-refractivity contribution in [2.24, 2.45) is 0 Å². The molecule has 1 N–H and O–H groups in total. The van der Waals surface area contributed by atoms with Crippen molar-refractivity contribution in [1.82, 2.24) is 0 Å². The molecule has 2 aromatic rings. The fourth-order valence-corrected chi connectivity index (χ4v) is 2.52. The van der Waals surface area contributed by atoms with Gasteiger partial charge in [-0.1, -0.05) is 19.9 Å². The summed E-state index contributed by atoms with van der Waals surface area (Å²) in [6.45, 7) is 5.66. The van der Waals surface area contributed by atoms with Crippen LogP contribution >= 0.6 is 0 Å². The number of carbonyl (C=O) groups excluding carboxylic acids is 1. The van der Waals surface area contributed by atoms with Gasteiger partial charge in [0.25, 0.3) is 0 Å². The van der Waals surface area contributed by atoms with Crippen LogP contribution in [-0.4, -0.2) is 13.0 Å². The summed E-state index contributed by atoms with van der Waals surface area (Å²) >= 11 is 0. The molecule has 134 valence electrons. The minimum Gasteiger partial charge on any atom is -0.496 e. The maximum Gasteiger partial charge on any atom is 0.224 e. The van der Waals surface area contributed by atoms with Gasteiger partial charge in [-0.05, 0) is 48.7 Å². The highest BCUT2D eigenvalue weighted by Crippen LogP contribution is 2.30. The summed E-state index contributed by atoms with van der Waals surface area (Å²) in [6, 6.07) is 8.65. The third-order valence-electron chi connectivity index (χ3n) is 4.04. The zero-order valence-electron chi connectivity index (χ0n) is 15.1. The molecule has 0 unspecified atom stereocenters. The summed E-state index contributed by atoms with van der Waals surface area (Å²) in [5, 5.41) is 2.86. The molecule has 0 atom stereocenters. The normalized spacial score (nSPS) is 10.4. The molecule has 2 aromatic carbocycles. The Balaban J connectivity index is 2.31. The number of halogens is 1. The molecule has 25 heavy (non-hydrogen) atoms. The zero-order chi connectivity index (χ0) is 18.4. The van der Waals surface area contributed by atoms with Crippen LogP contribution in [0.1, 0.15) is 37.0 Å². The summed E-state index contributed by atoms with van der Waals surface area (Å²) in [7, 11) is 1.57. The Morgan fingerprint density at radius 3 is 2.60 bits per heavy atom. The SMILES string of the molecule is CCC(=O)Nc1cccc(OC)c1COc1cc(C)c(F)cc1CC. The van der Waals surface area contributed by atoms with E-state index in [1.54, 1.807) is 27.0 Å². The first-order valence-corrected chi connectivity index (χ1v) is 8.37. The molecule has 5 heteroatoms. The fourth-order valence-electron chi connectivity index (χ4n) is 2.52. The molecule has 0 aromatic heterocycles. The lowest BCUT2D eigenvalue weighted by atomic mass is 10.1.